The molecule has 0 saturated carbocycles. The van der Waals surface area contributed by atoms with Crippen LogP contribution in [-0.2, 0) is 0 Å². The van der Waals surface area contributed by atoms with Crippen molar-refractivity contribution in [2.75, 3.05) is 0 Å². The molecule has 0 aromatic carbocycles. The summed E-state index contributed by atoms with van der Waals surface area (Å²) in [7, 11) is 0. The van der Waals surface area contributed by atoms with Crippen LogP contribution in [0.5, 0.6) is 0 Å². The molecule has 1 nitrogen and oxygen atoms in total. The highest BCUT2D eigenvalue weighted by molar-refractivity contribution is 5.16. The van der Waals surface area contributed by atoms with E-state index in [-0.39, 0.29) is 0 Å². The van der Waals surface area contributed by atoms with Crippen LogP contribution in [0.25, 0.3) is 0 Å². The average molecular weight is 226 g/mol. The zero-order chi connectivity index (χ0) is 12.4. The third-order valence-electron chi connectivity index (χ3n) is 3.52. The van der Waals surface area contributed by atoms with Crippen LogP contribution in [0.2, 0.25) is 0 Å². The maximum absolute atomic E-state index is 10.5. The molecule has 0 aromatic rings. The fourth-order valence-corrected chi connectivity index (χ4v) is 2.08. The largest absolute Gasteiger partial charge is 0.386 e. The predicted octanol–water partition coefficient (Wildman–Crippen LogP) is 4.84. The van der Waals surface area contributed by atoms with E-state index in [0.717, 1.165) is 25.7 Å². The van der Waals surface area contributed by atoms with Crippen LogP contribution in [0.3, 0.4) is 0 Å². The van der Waals surface area contributed by atoms with E-state index in [9.17, 15) is 5.11 Å². The lowest BCUT2D eigenvalue weighted by molar-refractivity contribution is 0.0658. The van der Waals surface area contributed by atoms with Crippen molar-refractivity contribution >= 4 is 0 Å². The first-order valence-electron chi connectivity index (χ1n) is 7.06. The van der Waals surface area contributed by atoms with Gasteiger partial charge in [-0.1, -0.05) is 53.0 Å². The lowest BCUT2D eigenvalue weighted by Crippen LogP contribution is -2.29. The SMILES string of the molecule is CCCC/C=C(\CCCC)C(O)(CC)CC. The first-order valence-corrected chi connectivity index (χ1v) is 7.06. The molecule has 0 heterocycles. The number of aliphatic hydroxyl groups is 1. The molecule has 0 fully saturated rings. The van der Waals surface area contributed by atoms with Gasteiger partial charge < -0.3 is 5.11 Å². The molecule has 1 N–H and O–H groups in total. The smallest absolute Gasteiger partial charge is 0.0851 e. The second-order valence-corrected chi connectivity index (χ2v) is 4.71. The van der Waals surface area contributed by atoms with E-state index in [4.69, 9.17) is 0 Å². The predicted molar refractivity (Wildman–Crippen MR) is 72.7 cm³/mol. The van der Waals surface area contributed by atoms with Gasteiger partial charge >= 0.3 is 0 Å². The van der Waals surface area contributed by atoms with Crippen molar-refractivity contribution in [3.63, 3.8) is 0 Å². The third-order valence-corrected chi connectivity index (χ3v) is 3.52. The Balaban J connectivity index is 4.56. The van der Waals surface area contributed by atoms with Gasteiger partial charge in [0.05, 0.1) is 5.60 Å². The summed E-state index contributed by atoms with van der Waals surface area (Å²) in [6.45, 7) is 8.60. The van der Waals surface area contributed by atoms with Crippen molar-refractivity contribution in [2.45, 2.75) is 84.7 Å². The van der Waals surface area contributed by atoms with Crippen molar-refractivity contribution in [1.29, 1.82) is 0 Å². The van der Waals surface area contributed by atoms with E-state index in [1.54, 1.807) is 0 Å². The summed E-state index contributed by atoms with van der Waals surface area (Å²) in [4.78, 5) is 0. The fourth-order valence-electron chi connectivity index (χ4n) is 2.08. The molecular weight excluding hydrogens is 196 g/mol. The lowest BCUT2D eigenvalue weighted by Gasteiger charge is -2.29. The first kappa shape index (κ1) is 15.7. The highest BCUT2D eigenvalue weighted by Gasteiger charge is 2.26. The molecule has 1 heteroatoms. The Kier molecular flexibility index (Phi) is 8.64. The summed E-state index contributed by atoms with van der Waals surface area (Å²) in [5, 5.41) is 10.5. The van der Waals surface area contributed by atoms with E-state index in [0.29, 0.717) is 0 Å². The molecule has 16 heavy (non-hydrogen) atoms. The minimum absolute atomic E-state index is 0.539. The van der Waals surface area contributed by atoms with E-state index in [1.807, 2.05) is 0 Å². The Labute approximate surface area is 102 Å². The van der Waals surface area contributed by atoms with Crippen LogP contribution in [0.15, 0.2) is 11.6 Å². The van der Waals surface area contributed by atoms with Gasteiger partial charge in [0.25, 0.3) is 0 Å². The minimum atomic E-state index is -0.539. The molecule has 0 rings (SSSR count). The molecule has 0 radical (unpaired) electrons. The van der Waals surface area contributed by atoms with Gasteiger partial charge in [0, 0.05) is 0 Å². The summed E-state index contributed by atoms with van der Waals surface area (Å²) in [6.07, 6.45) is 11.0. The van der Waals surface area contributed by atoms with Crippen LogP contribution in [0.1, 0.15) is 79.1 Å². The zero-order valence-electron chi connectivity index (χ0n) is 11.7. The Morgan fingerprint density at radius 3 is 2.00 bits per heavy atom. The molecular formula is C15H30O. The van der Waals surface area contributed by atoms with E-state index < -0.39 is 5.60 Å². The van der Waals surface area contributed by atoms with E-state index in [1.165, 1.54) is 31.3 Å². The van der Waals surface area contributed by atoms with Gasteiger partial charge in [-0.05, 0) is 37.7 Å². The number of hydrogen-bond donors (Lipinski definition) is 1. The summed E-state index contributed by atoms with van der Waals surface area (Å²) < 4.78 is 0. The molecule has 0 saturated heterocycles. The zero-order valence-corrected chi connectivity index (χ0v) is 11.7. The molecule has 96 valence electrons. The Bertz CT molecular complexity index is 190. The molecule has 0 aliphatic rings. The van der Waals surface area contributed by atoms with Gasteiger partial charge in [-0.3, -0.25) is 0 Å². The van der Waals surface area contributed by atoms with E-state index in [2.05, 4.69) is 33.8 Å². The standard InChI is InChI=1S/C15H30O/c1-5-9-11-13-14(12-10-6-2)15(16,7-3)8-4/h13,16H,5-12H2,1-4H3/b14-13+. The van der Waals surface area contributed by atoms with Crippen molar-refractivity contribution in [1.82, 2.24) is 0 Å². The third kappa shape index (κ3) is 5.16. The van der Waals surface area contributed by atoms with Gasteiger partial charge in [0.2, 0.25) is 0 Å². The lowest BCUT2D eigenvalue weighted by atomic mass is 9.84. The van der Waals surface area contributed by atoms with Crippen LogP contribution >= 0.6 is 0 Å². The van der Waals surface area contributed by atoms with Gasteiger partial charge in [-0.2, -0.15) is 0 Å². The first-order chi connectivity index (χ1) is 7.64. The quantitative estimate of drug-likeness (QED) is 0.440. The fraction of sp³-hybridized carbons (Fsp3) is 0.867. The molecule has 0 aromatic heterocycles. The van der Waals surface area contributed by atoms with Crippen LogP contribution in [-0.4, -0.2) is 10.7 Å². The summed E-state index contributed by atoms with van der Waals surface area (Å²) in [5.41, 5.74) is 0.746. The van der Waals surface area contributed by atoms with Gasteiger partial charge in [0.1, 0.15) is 0 Å². The van der Waals surface area contributed by atoms with Gasteiger partial charge in [0.15, 0.2) is 0 Å². The number of allylic oxidation sites excluding steroid dienone is 1. The van der Waals surface area contributed by atoms with Gasteiger partial charge in [-0.25, -0.2) is 0 Å². The average Bonchev–Trinajstić information content (AvgIpc) is 2.32. The molecule has 0 aliphatic carbocycles. The van der Waals surface area contributed by atoms with Crippen molar-refractivity contribution < 1.29 is 5.11 Å². The highest BCUT2D eigenvalue weighted by atomic mass is 16.3. The monoisotopic (exact) mass is 226 g/mol. The Morgan fingerprint density at radius 2 is 1.56 bits per heavy atom. The minimum Gasteiger partial charge on any atom is -0.386 e. The molecule has 0 spiro atoms. The maximum atomic E-state index is 10.5. The summed E-state index contributed by atoms with van der Waals surface area (Å²) in [6, 6.07) is 0. The number of hydrogen-bond acceptors (Lipinski definition) is 1. The van der Waals surface area contributed by atoms with Crippen molar-refractivity contribution in [2.24, 2.45) is 0 Å². The summed E-state index contributed by atoms with van der Waals surface area (Å²) >= 11 is 0. The topological polar surface area (TPSA) is 20.2 Å². The summed E-state index contributed by atoms with van der Waals surface area (Å²) in [5.74, 6) is 0. The molecule has 0 atom stereocenters. The Morgan fingerprint density at radius 1 is 1.00 bits per heavy atom. The number of rotatable bonds is 9. The number of unbranched alkanes of at least 4 members (excludes halogenated alkanes) is 3. The maximum Gasteiger partial charge on any atom is 0.0851 e. The van der Waals surface area contributed by atoms with Crippen molar-refractivity contribution in [3.8, 4) is 0 Å². The molecule has 0 aliphatic heterocycles. The highest BCUT2D eigenvalue weighted by Crippen LogP contribution is 2.29. The van der Waals surface area contributed by atoms with Crippen LogP contribution < -0.4 is 0 Å². The van der Waals surface area contributed by atoms with Crippen LogP contribution in [0, 0.1) is 0 Å². The molecule has 0 unspecified atom stereocenters. The van der Waals surface area contributed by atoms with E-state index >= 15 is 0 Å². The van der Waals surface area contributed by atoms with Crippen molar-refractivity contribution in [3.05, 3.63) is 11.6 Å². The second kappa shape index (κ2) is 8.81. The molecule has 0 bridgehead atoms. The molecule has 0 amide bonds. The van der Waals surface area contributed by atoms with Crippen LogP contribution in [0.4, 0.5) is 0 Å². The second-order valence-electron chi connectivity index (χ2n) is 4.71. The van der Waals surface area contributed by atoms with Gasteiger partial charge in [-0.15, -0.1) is 0 Å². The normalized spacial score (nSPS) is 13.2. The Hall–Kier alpha value is -0.300.